The second kappa shape index (κ2) is 8.38. The molecule has 2 heterocycles. The van der Waals surface area contributed by atoms with Crippen LogP contribution in [0.15, 0.2) is 39.9 Å². The van der Waals surface area contributed by atoms with Gasteiger partial charge in [-0.25, -0.2) is 5.43 Å². The number of furan rings is 1. The smallest absolute Gasteiger partial charge is 0.244 e. The van der Waals surface area contributed by atoms with Crippen LogP contribution in [0.3, 0.4) is 0 Å². The van der Waals surface area contributed by atoms with Crippen molar-refractivity contribution in [2.45, 2.75) is 34.1 Å². The first kappa shape index (κ1) is 20.4. The van der Waals surface area contributed by atoms with Crippen molar-refractivity contribution < 1.29 is 9.21 Å². The van der Waals surface area contributed by atoms with Gasteiger partial charge in [0.1, 0.15) is 17.4 Å². The standard InChI is InChI=1S/C22H21ClN4O2/c1-13-9-18(12-25-26-21(28)10-17-5-7-19(23)8-6-17)15(3)27(13)22-20(11-24)14(2)16(4)29-22/h5-9,12H,10H2,1-4H3,(H,26,28)/b25-12+. The Kier molecular flexibility index (Phi) is 5.90. The lowest BCUT2D eigenvalue weighted by atomic mass is 10.1. The van der Waals surface area contributed by atoms with Gasteiger partial charge in [-0.15, -0.1) is 0 Å². The molecule has 6 nitrogen and oxygen atoms in total. The molecule has 0 fully saturated rings. The van der Waals surface area contributed by atoms with Crippen molar-refractivity contribution in [1.29, 1.82) is 5.26 Å². The molecule has 148 valence electrons. The van der Waals surface area contributed by atoms with E-state index in [1.54, 1.807) is 30.5 Å². The van der Waals surface area contributed by atoms with Crippen LogP contribution in [0.2, 0.25) is 5.02 Å². The van der Waals surface area contributed by atoms with E-state index in [1.165, 1.54) is 0 Å². The predicted octanol–water partition coefficient (Wildman–Crippen LogP) is 4.52. The summed E-state index contributed by atoms with van der Waals surface area (Å²) in [4.78, 5) is 12.1. The summed E-state index contributed by atoms with van der Waals surface area (Å²) in [5.41, 5.74) is 7.34. The van der Waals surface area contributed by atoms with Crippen molar-refractivity contribution in [2.24, 2.45) is 5.10 Å². The van der Waals surface area contributed by atoms with Gasteiger partial charge in [-0.1, -0.05) is 23.7 Å². The zero-order valence-corrected chi connectivity index (χ0v) is 17.5. The minimum Gasteiger partial charge on any atom is -0.443 e. The van der Waals surface area contributed by atoms with Crippen molar-refractivity contribution >= 4 is 23.7 Å². The van der Waals surface area contributed by atoms with Gasteiger partial charge in [-0.3, -0.25) is 9.36 Å². The number of nitrogens with zero attached hydrogens (tertiary/aromatic N) is 3. The summed E-state index contributed by atoms with van der Waals surface area (Å²) in [6, 6.07) is 11.2. The van der Waals surface area contributed by atoms with Crippen molar-refractivity contribution in [1.82, 2.24) is 9.99 Å². The molecule has 0 unspecified atom stereocenters. The zero-order valence-electron chi connectivity index (χ0n) is 16.7. The number of halogens is 1. The SMILES string of the molecule is Cc1oc(-n2c(C)cc(/C=N/NC(=O)Cc3ccc(Cl)cc3)c2C)c(C#N)c1C. The maximum absolute atomic E-state index is 12.1. The third-order valence-electron chi connectivity index (χ3n) is 4.82. The number of aryl methyl sites for hydroxylation is 2. The van der Waals surface area contributed by atoms with Crippen LogP contribution >= 0.6 is 11.6 Å². The second-order valence-electron chi connectivity index (χ2n) is 6.83. The maximum Gasteiger partial charge on any atom is 0.244 e. The summed E-state index contributed by atoms with van der Waals surface area (Å²) in [5.74, 6) is 0.999. The summed E-state index contributed by atoms with van der Waals surface area (Å²) in [5, 5.41) is 14.2. The van der Waals surface area contributed by atoms with Crippen molar-refractivity contribution in [2.75, 3.05) is 0 Å². The Labute approximate surface area is 174 Å². The van der Waals surface area contributed by atoms with Gasteiger partial charge in [0.25, 0.3) is 0 Å². The van der Waals surface area contributed by atoms with Gasteiger partial charge in [-0.2, -0.15) is 10.4 Å². The fourth-order valence-corrected chi connectivity index (χ4v) is 3.26. The van der Waals surface area contributed by atoms with Crippen molar-refractivity contribution in [3.8, 4) is 12.0 Å². The summed E-state index contributed by atoms with van der Waals surface area (Å²) < 4.78 is 7.72. The molecule has 0 atom stereocenters. The van der Waals surface area contributed by atoms with Crippen LogP contribution in [-0.4, -0.2) is 16.7 Å². The number of carbonyl (C=O) groups excluding carboxylic acids is 1. The molecule has 29 heavy (non-hydrogen) atoms. The fraction of sp³-hybridized carbons (Fsp3) is 0.227. The molecular formula is C22H21ClN4O2. The van der Waals surface area contributed by atoms with E-state index in [9.17, 15) is 10.1 Å². The minimum atomic E-state index is -0.221. The van der Waals surface area contributed by atoms with Gasteiger partial charge in [0.2, 0.25) is 11.8 Å². The molecule has 0 radical (unpaired) electrons. The van der Waals surface area contributed by atoms with Crippen LogP contribution < -0.4 is 5.43 Å². The minimum absolute atomic E-state index is 0.212. The Hall–Kier alpha value is -3.30. The first-order chi connectivity index (χ1) is 13.8. The molecule has 1 N–H and O–H groups in total. The number of carbonyl (C=O) groups is 1. The van der Waals surface area contributed by atoms with E-state index in [4.69, 9.17) is 16.0 Å². The molecule has 1 aromatic carbocycles. The normalized spacial score (nSPS) is 11.0. The Morgan fingerprint density at radius 3 is 2.62 bits per heavy atom. The number of aromatic nitrogens is 1. The van der Waals surface area contributed by atoms with Crippen LogP contribution in [0.1, 0.15) is 39.4 Å². The van der Waals surface area contributed by atoms with E-state index in [1.807, 2.05) is 38.3 Å². The highest BCUT2D eigenvalue weighted by atomic mass is 35.5. The van der Waals surface area contributed by atoms with Crippen LogP contribution in [0.5, 0.6) is 0 Å². The number of hydrogen-bond acceptors (Lipinski definition) is 4. The summed E-state index contributed by atoms with van der Waals surface area (Å²) in [6.07, 6.45) is 1.80. The van der Waals surface area contributed by atoms with E-state index in [0.717, 1.165) is 28.1 Å². The van der Waals surface area contributed by atoms with Gasteiger partial charge in [0.15, 0.2) is 0 Å². The van der Waals surface area contributed by atoms with E-state index < -0.39 is 0 Å². The number of hydrazone groups is 1. The van der Waals surface area contributed by atoms with Gasteiger partial charge in [-0.05, 0) is 51.5 Å². The largest absolute Gasteiger partial charge is 0.443 e. The molecule has 2 aromatic heterocycles. The average molecular weight is 409 g/mol. The molecule has 0 saturated heterocycles. The zero-order chi connectivity index (χ0) is 21.1. The van der Waals surface area contributed by atoms with Crippen LogP contribution in [-0.2, 0) is 11.2 Å². The third kappa shape index (κ3) is 4.25. The Morgan fingerprint density at radius 1 is 1.28 bits per heavy atom. The third-order valence-corrected chi connectivity index (χ3v) is 5.07. The van der Waals surface area contributed by atoms with Gasteiger partial charge in [0.05, 0.1) is 12.6 Å². The topological polar surface area (TPSA) is 83.3 Å². The highest BCUT2D eigenvalue weighted by Gasteiger charge is 2.20. The Morgan fingerprint density at radius 2 is 1.97 bits per heavy atom. The van der Waals surface area contributed by atoms with E-state index in [2.05, 4.69) is 16.6 Å². The van der Waals surface area contributed by atoms with E-state index >= 15 is 0 Å². The molecule has 3 rings (SSSR count). The summed E-state index contributed by atoms with van der Waals surface area (Å²) >= 11 is 5.85. The number of hydrogen-bond donors (Lipinski definition) is 1. The number of nitriles is 1. The van der Waals surface area contributed by atoms with Crippen LogP contribution in [0.4, 0.5) is 0 Å². The van der Waals surface area contributed by atoms with Crippen molar-refractivity contribution in [3.05, 3.63) is 74.8 Å². The van der Waals surface area contributed by atoms with Gasteiger partial charge >= 0.3 is 0 Å². The molecule has 1 amide bonds. The number of rotatable bonds is 5. The predicted molar refractivity (Wildman–Crippen MR) is 113 cm³/mol. The molecule has 7 heteroatoms. The molecule has 3 aromatic rings. The summed E-state index contributed by atoms with van der Waals surface area (Å²) in [6.45, 7) is 7.55. The average Bonchev–Trinajstić information content (AvgIpc) is 3.12. The lowest BCUT2D eigenvalue weighted by molar-refractivity contribution is -0.120. The summed E-state index contributed by atoms with van der Waals surface area (Å²) in [7, 11) is 0. The van der Waals surface area contributed by atoms with Crippen molar-refractivity contribution in [3.63, 3.8) is 0 Å². The Bertz CT molecular complexity index is 1130. The quantitative estimate of drug-likeness (QED) is 0.497. The first-order valence-corrected chi connectivity index (χ1v) is 9.45. The lowest BCUT2D eigenvalue weighted by Gasteiger charge is -2.06. The van der Waals surface area contributed by atoms with Gasteiger partial charge in [0, 0.05) is 27.5 Å². The molecule has 0 saturated carbocycles. The van der Waals surface area contributed by atoms with Crippen LogP contribution in [0.25, 0.3) is 5.88 Å². The Balaban J connectivity index is 1.77. The molecule has 0 bridgehead atoms. The number of benzene rings is 1. The first-order valence-electron chi connectivity index (χ1n) is 9.07. The lowest BCUT2D eigenvalue weighted by Crippen LogP contribution is -2.19. The highest BCUT2D eigenvalue weighted by molar-refractivity contribution is 6.30. The van der Waals surface area contributed by atoms with E-state index in [0.29, 0.717) is 22.2 Å². The van der Waals surface area contributed by atoms with Crippen LogP contribution in [0, 0.1) is 39.0 Å². The molecule has 0 spiro atoms. The maximum atomic E-state index is 12.1. The molecular weight excluding hydrogens is 388 g/mol. The van der Waals surface area contributed by atoms with E-state index in [-0.39, 0.29) is 12.3 Å². The number of amides is 1. The van der Waals surface area contributed by atoms with Gasteiger partial charge < -0.3 is 4.42 Å². The monoisotopic (exact) mass is 408 g/mol. The highest BCUT2D eigenvalue weighted by Crippen LogP contribution is 2.28. The molecule has 0 aliphatic heterocycles. The number of nitrogens with one attached hydrogen (secondary N) is 1. The second-order valence-corrected chi connectivity index (χ2v) is 7.27. The fourth-order valence-electron chi connectivity index (χ4n) is 3.13. The molecule has 0 aliphatic carbocycles. The molecule has 0 aliphatic rings.